The number of benzene rings is 2. The fourth-order valence-electron chi connectivity index (χ4n) is 3.29. The van der Waals surface area contributed by atoms with E-state index in [1.807, 2.05) is 0 Å². The van der Waals surface area contributed by atoms with E-state index < -0.39 is 27.0 Å². The van der Waals surface area contributed by atoms with Gasteiger partial charge in [0.2, 0.25) is 10.0 Å². The number of hydrogen-bond acceptors (Lipinski definition) is 6. The summed E-state index contributed by atoms with van der Waals surface area (Å²) < 4.78 is 33.1. The summed E-state index contributed by atoms with van der Waals surface area (Å²) in [4.78, 5) is 25.7. The van der Waals surface area contributed by atoms with E-state index in [1.165, 1.54) is 16.4 Å². The molecule has 1 heterocycles. The Morgan fingerprint density at radius 3 is 2.42 bits per heavy atom. The summed E-state index contributed by atoms with van der Waals surface area (Å²) in [5.41, 5.74) is 1.08. The van der Waals surface area contributed by atoms with E-state index in [0.717, 1.165) is 12.1 Å². The number of carbonyl (C=O) groups is 1. The number of nitro benzene ring substituents is 1. The van der Waals surface area contributed by atoms with Gasteiger partial charge in [-0.05, 0) is 31.0 Å². The zero-order chi connectivity index (χ0) is 22.6. The van der Waals surface area contributed by atoms with Gasteiger partial charge < -0.3 is 4.74 Å². The van der Waals surface area contributed by atoms with Crippen molar-refractivity contribution in [1.29, 1.82) is 0 Å². The molecule has 0 N–H and O–H groups in total. The Morgan fingerprint density at radius 1 is 1.23 bits per heavy atom. The molecule has 160 valence electrons. The van der Waals surface area contributed by atoms with Crippen molar-refractivity contribution in [2.75, 3.05) is 13.2 Å². The minimum atomic E-state index is -4.10. The van der Waals surface area contributed by atoms with Gasteiger partial charge in [0.15, 0.2) is 5.69 Å². The molecule has 0 saturated heterocycles. The van der Waals surface area contributed by atoms with Crippen LogP contribution in [0, 0.1) is 16.7 Å². The quantitative estimate of drug-likeness (QED) is 0.292. The Morgan fingerprint density at radius 2 is 1.87 bits per heavy atom. The summed E-state index contributed by atoms with van der Waals surface area (Å²) in [5, 5.41) is 10.9. The van der Waals surface area contributed by atoms with Crippen LogP contribution in [-0.4, -0.2) is 36.8 Å². The topological polar surface area (TPSA) is 111 Å². The van der Waals surface area contributed by atoms with Crippen LogP contribution in [0.3, 0.4) is 0 Å². The van der Waals surface area contributed by atoms with Gasteiger partial charge in [0, 0.05) is 24.3 Å². The maximum absolute atomic E-state index is 13.4. The molecule has 3 rings (SSSR count). The first-order valence-electron chi connectivity index (χ1n) is 9.37. The molecule has 1 atom stereocenters. The molecule has 0 bridgehead atoms. The van der Waals surface area contributed by atoms with Crippen LogP contribution in [0.4, 0.5) is 11.4 Å². The first kappa shape index (κ1) is 22.1. The number of hydrogen-bond donors (Lipinski definition) is 0. The van der Waals surface area contributed by atoms with Gasteiger partial charge in [-0.1, -0.05) is 30.3 Å². The predicted octanol–water partition coefficient (Wildman–Crippen LogP) is 3.77. The smallest absolute Gasteiger partial charge is 0.335 e. The SMILES string of the molecule is [C-]#[N+]c1ccc([C@H]2CC=C(C(=O)OCC)CN2S(=O)(=O)c2ccc([N+](=O)[O-])cc2)cc1. The van der Waals surface area contributed by atoms with Gasteiger partial charge in [0.25, 0.3) is 5.69 Å². The summed E-state index contributed by atoms with van der Waals surface area (Å²) in [6.07, 6.45) is 1.89. The zero-order valence-electron chi connectivity index (χ0n) is 16.6. The molecule has 0 spiro atoms. The zero-order valence-corrected chi connectivity index (χ0v) is 17.4. The fourth-order valence-corrected chi connectivity index (χ4v) is 4.89. The van der Waals surface area contributed by atoms with E-state index in [4.69, 9.17) is 11.3 Å². The van der Waals surface area contributed by atoms with Crippen LogP contribution >= 0.6 is 0 Å². The molecule has 0 radical (unpaired) electrons. The molecule has 0 saturated carbocycles. The van der Waals surface area contributed by atoms with Gasteiger partial charge in [-0.2, -0.15) is 4.31 Å². The second-order valence-electron chi connectivity index (χ2n) is 6.71. The van der Waals surface area contributed by atoms with Crippen molar-refractivity contribution in [3.63, 3.8) is 0 Å². The molecular formula is C21H19N3O6S. The number of rotatable bonds is 6. The van der Waals surface area contributed by atoms with Crippen LogP contribution in [0.25, 0.3) is 4.85 Å². The minimum absolute atomic E-state index is 0.119. The highest BCUT2D eigenvalue weighted by Gasteiger charge is 2.37. The third kappa shape index (κ3) is 4.63. The van der Waals surface area contributed by atoms with Crippen molar-refractivity contribution in [2.45, 2.75) is 24.3 Å². The molecule has 0 aromatic heterocycles. The van der Waals surface area contributed by atoms with Crippen molar-refractivity contribution in [3.8, 4) is 0 Å². The first-order valence-corrected chi connectivity index (χ1v) is 10.8. The average Bonchev–Trinajstić information content (AvgIpc) is 2.79. The Kier molecular flexibility index (Phi) is 6.48. The number of nitrogens with zero attached hydrogens (tertiary/aromatic N) is 3. The Balaban J connectivity index is 2.03. The van der Waals surface area contributed by atoms with Gasteiger partial charge in [0.1, 0.15) is 0 Å². The number of nitro groups is 1. The number of carbonyl (C=O) groups excluding carboxylic acids is 1. The van der Waals surface area contributed by atoms with Gasteiger partial charge in [-0.15, -0.1) is 0 Å². The standard InChI is InChI=1S/C21H19N3O6S/c1-3-30-21(25)16-6-13-20(15-4-7-17(22-2)8-5-15)23(14-16)31(28,29)19-11-9-18(10-12-19)24(26)27/h4-12,20H,3,13-14H2,1H3/t20-/m1/s1. The van der Waals surface area contributed by atoms with Gasteiger partial charge in [0.05, 0.1) is 29.0 Å². The van der Waals surface area contributed by atoms with Crippen molar-refractivity contribution in [1.82, 2.24) is 4.31 Å². The fraction of sp³-hybridized carbons (Fsp3) is 0.238. The first-order chi connectivity index (χ1) is 14.8. The normalized spacial score (nSPS) is 16.8. The molecule has 0 fully saturated rings. The highest BCUT2D eigenvalue weighted by molar-refractivity contribution is 7.89. The number of ether oxygens (including phenoxy) is 1. The lowest BCUT2D eigenvalue weighted by atomic mass is 9.98. The molecule has 2 aromatic rings. The van der Waals surface area contributed by atoms with Gasteiger partial charge in [-0.3, -0.25) is 10.1 Å². The van der Waals surface area contributed by atoms with Crippen molar-refractivity contribution < 1.29 is 22.9 Å². The van der Waals surface area contributed by atoms with Crippen LogP contribution < -0.4 is 0 Å². The summed E-state index contributed by atoms with van der Waals surface area (Å²) in [6, 6.07) is 10.5. The van der Waals surface area contributed by atoms with Gasteiger partial charge >= 0.3 is 5.97 Å². The van der Waals surface area contributed by atoms with Crippen LogP contribution in [0.15, 0.2) is 65.1 Å². The molecule has 1 aliphatic heterocycles. The lowest BCUT2D eigenvalue weighted by Crippen LogP contribution is -2.40. The van der Waals surface area contributed by atoms with E-state index >= 15 is 0 Å². The molecule has 0 aliphatic carbocycles. The Hall–Kier alpha value is -3.55. The number of esters is 1. The molecule has 9 nitrogen and oxygen atoms in total. The second-order valence-corrected chi connectivity index (χ2v) is 8.60. The summed E-state index contributed by atoms with van der Waals surface area (Å²) >= 11 is 0. The monoisotopic (exact) mass is 441 g/mol. The van der Waals surface area contributed by atoms with Crippen LogP contribution in [0.5, 0.6) is 0 Å². The molecule has 1 aliphatic rings. The molecule has 0 amide bonds. The molecule has 2 aromatic carbocycles. The number of sulfonamides is 1. The maximum atomic E-state index is 13.4. The third-order valence-electron chi connectivity index (χ3n) is 4.86. The summed E-state index contributed by atoms with van der Waals surface area (Å²) in [7, 11) is -4.10. The van der Waals surface area contributed by atoms with Crippen molar-refractivity contribution >= 4 is 27.4 Å². The van der Waals surface area contributed by atoms with E-state index in [0.29, 0.717) is 11.3 Å². The lowest BCUT2D eigenvalue weighted by Gasteiger charge is -2.34. The average molecular weight is 441 g/mol. The highest BCUT2D eigenvalue weighted by atomic mass is 32.2. The number of non-ortho nitro benzene ring substituents is 1. The highest BCUT2D eigenvalue weighted by Crippen LogP contribution is 2.36. The van der Waals surface area contributed by atoms with E-state index in [9.17, 15) is 23.3 Å². The van der Waals surface area contributed by atoms with E-state index in [2.05, 4.69) is 4.85 Å². The molecule has 0 unspecified atom stereocenters. The van der Waals surface area contributed by atoms with Crippen LogP contribution in [-0.2, 0) is 19.6 Å². The third-order valence-corrected chi connectivity index (χ3v) is 6.73. The van der Waals surface area contributed by atoms with E-state index in [1.54, 1.807) is 37.3 Å². The van der Waals surface area contributed by atoms with Crippen molar-refractivity contribution in [2.24, 2.45) is 0 Å². The second kappa shape index (κ2) is 9.07. The Labute approximate surface area is 179 Å². The van der Waals surface area contributed by atoms with Crippen LogP contribution in [0.1, 0.15) is 24.9 Å². The van der Waals surface area contributed by atoms with Crippen molar-refractivity contribution in [3.05, 3.63) is 87.3 Å². The molecule has 31 heavy (non-hydrogen) atoms. The Bertz CT molecular complexity index is 1170. The summed E-state index contributed by atoms with van der Waals surface area (Å²) in [6.45, 7) is 8.70. The lowest BCUT2D eigenvalue weighted by molar-refractivity contribution is -0.384. The molecule has 10 heteroatoms. The predicted molar refractivity (Wildman–Crippen MR) is 112 cm³/mol. The molecular weight excluding hydrogens is 422 g/mol. The van der Waals surface area contributed by atoms with Gasteiger partial charge in [-0.25, -0.2) is 18.1 Å². The van der Waals surface area contributed by atoms with E-state index in [-0.39, 0.29) is 35.7 Å². The summed E-state index contributed by atoms with van der Waals surface area (Å²) in [5.74, 6) is -0.590. The van der Waals surface area contributed by atoms with Crippen LogP contribution in [0.2, 0.25) is 0 Å². The maximum Gasteiger partial charge on any atom is 0.335 e. The minimum Gasteiger partial charge on any atom is -0.463 e. The largest absolute Gasteiger partial charge is 0.463 e.